The van der Waals surface area contributed by atoms with Gasteiger partial charge in [-0.3, -0.25) is 9.59 Å². The second-order valence-corrected chi connectivity index (χ2v) is 14.6. The number of hydrogen-bond acceptors (Lipinski definition) is 7. The summed E-state index contributed by atoms with van der Waals surface area (Å²) in [6.07, 6.45) is 5.92. The van der Waals surface area contributed by atoms with E-state index in [0.29, 0.717) is 40.6 Å². The Morgan fingerprint density at radius 3 is 2.56 bits per heavy atom. The summed E-state index contributed by atoms with van der Waals surface area (Å²) in [4.78, 5) is 51.1. The van der Waals surface area contributed by atoms with Crippen LogP contribution in [-0.4, -0.2) is 62.6 Å². The molecule has 1 saturated heterocycles. The standard InChI is InChI=1S/C33H42ClN3O6/c1-17-27-16-37(29(17)32(40)41)31(39)22(33(2,3)4)15-28(38)42-26-13-18-12-21(18)20(26)8-6-5-7-9-24-30(43-27)36-25-14-19(34)10-11-23(25)35-24/h10-11,14,17-18,20-22,26-27,29H,5-9,12-13,15-16H2,1-4H3,(H,40,41)/t17-,18+,20-,21+,22-,26-,27+,29+/m1/s1. The molecule has 0 spiro atoms. The molecule has 10 heteroatoms. The molecule has 1 amide bonds. The first-order valence-electron chi connectivity index (χ1n) is 15.8. The van der Waals surface area contributed by atoms with Crippen LogP contribution in [0.5, 0.6) is 5.88 Å². The summed E-state index contributed by atoms with van der Waals surface area (Å²) < 4.78 is 12.6. The molecule has 6 rings (SSSR count). The highest BCUT2D eigenvalue weighted by molar-refractivity contribution is 6.31. The lowest BCUT2D eigenvalue weighted by Gasteiger charge is -2.34. The molecule has 2 bridgehead atoms. The van der Waals surface area contributed by atoms with Crippen LogP contribution in [0, 0.1) is 35.0 Å². The second-order valence-electron chi connectivity index (χ2n) is 14.2. The van der Waals surface area contributed by atoms with E-state index in [1.165, 1.54) is 11.3 Å². The van der Waals surface area contributed by atoms with Gasteiger partial charge in [0, 0.05) is 10.9 Å². The maximum absolute atomic E-state index is 14.2. The highest BCUT2D eigenvalue weighted by Crippen LogP contribution is 2.58. The molecule has 1 aromatic carbocycles. The number of aryl methyl sites for hydroxylation is 1. The summed E-state index contributed by atoms with van der Waals surface area (Å²) in [5.41, 5.74) is 1.45. The molecule has 232 valence electrons. The van der Waals surface area contributed by atoms with E-state index in [4.69, 9.17) is 31.0 Å². The summed E-state index contributed by atoms with van der Waals surface area (Å²) >= 11 is 6.25. The van der Waals surface area contributed by atoms with Crippen molar-refractivity contribution >= 4 is 40.5 Å². The van der Waals surface area contributed by atoms with Gasteiger partial charge in [0.1, 0.15) is 23.9 Å². The normalized spacial score (nSPS) is 33.5. The predicted octanol–water partition coefficient (Wildman–Crippen LogP) is 5.70. The molecule has 2 aliphatic heterocycles. The van der Waals surface area contributed by atoms with Crippen molar-refractivity contribution < 1.29 is 29.0 Å². The number of rotatable bonds is 1. The molecule has 0 radical (unpaired) electrons. The van der Waals surface area contributed by atoms with E-state index in [1.54, 1.807) is 19.1 Å². The van der Waals surface area contributed by atoms with Gasteiger partial charge in [-0.25, -0.2) is 14.8 Å². The fourth-order valence-electron chi connectivity index (χ4n) is 7.69. The van der Waals surface area contributed by atoms with Gasteiger partial charge >= 0.3 is 11.9 Å². The molecule has 3 heterocycles. The molecule has 9 nitrogen and oxygen atoms in total. The van der Waals surface area contributed by atoms with Crippen LogP contribution >= 0.6 is 11.6 Å². The molecule has 8 atom stereocenters. The van der Waals surface area contributed by atoms with E-state index in [0.717, 1.165) is 43.3 Å². The number of nitrogens with zero attached hydrogens (tertiary/aromatic N) is 3. The van der Waals surface area contributed by atoms with Crippen LogP contribution in [0.15, 0.2) is 18.2 Å². The smallest absolute Gasteiger partial charge is 0.326 e. The summed E-state index contributed by atoms with van der Waals surface area (Å²) in [5, 5.41) is 10.8. The van der Waals surface area contributed by atoms with Gasteiger partial charge in [0.15, 0.2) is 0 Å². The fraction of sp³-hybridized carbons (Fsp3) is 0.667. The zero-order valence-corrected chi connectivity index (χ0v) is 26.2. The van der Waals surface area contributed by atoms with Gasteiger partial charge in [-0.05, 0) is 73.5 Å². The first-order valence-corrected chi connectivity index (χ1v) is 16.1. The Hall–Kier alpha value is -2.94. The molecule has 1 N–H and O–H groups in total. The number of benzene rings is 1. The number of fused-ring (bicyclic) bond motifs is 7. The van der Waals surface area contributed by atoms with E-state index >= 15 is 0 Å². The molecule has 43 heavy (non-hydrogen) atoms. The van der Waals surface area contributed by atoms with Crippen molar-refractivity contribution in [3.63, 3.8) is 0 Å². The van der Waals surface area contributed by atoms with E-state index in [9.17, 15) is 19.5 Å². The van der Waals surface area contributed by atoms with Crippen molar-refractivity contribution in [2.24, 2.45) is 35.0 Å². The average Bonchev–Trinajstić information content (AvgIpc) is 3.50. The Morgan fingerprint density at radius 1 is 1.02 bits per heavy atom. The number of hydrogen-bond donors (Lipinski definition) is 1. The number of halogens is 1. The Balaban J connectivity index is 1.36. The van der Waals surface area contributed by atoms with Crippen molar-refractivity contribution in [1.82, 2.24) is 14.9 Å². The van der Waals surface area contributed by atoms with Gasteiger partial charge in [0.2, 0.25) is 11.8 Å². The number of aromatic nitrogens is 2. The number of aliphatic carboxylic acids is 1. The van der Waals surface area contributed by atoms with Crippen molar-refractivity contribution in [3.8, 4) is 5.88 Å². The third-order valence-electron chi connectivity index (χ3n) is 10.2. The maximum atomic E-state index is 14.2. The minimum absolute atomic E-state index is 0.0708. The highest BCUT2D eigenvalue weighted by Gasteiger charge is 2.55. The minimum atomic E-state index is -1.10. The quantitative estimate of drug-likeness (QED) is 0.408. The van der Waals surface area contributed by atoms with Crippen molar-refractivity contribution in [1.29, 1.82) is 0 Å². The molecule has 0 unspecified atom stereocenters. The zero-order chi connectivity index (χ0) is 30.6. The number of carbonyl (C=O) groups excluding carboxylic acids is 2. The summed E-state index contributed by atoms with van der Waals surface area (Å²) in [5.74, 6) is -1.11. The Labute approximate surface area is 257 Å². The van der Waals surface area contributed by atoms with Crippen LogP contribution in [0.2, 0.25) is 5.02 Å². The summed E-state index contributed by atoms with van der Waals surface area (Å²) in [6.45, 7) is 7.59. The molecule has 2 saturated carbocycles. The first kappa shape index (κ1) is 30.1. The Bertz CT molecular complexity index is 1430. The third-order valence-corrected chi connectivity index (χ3v) is 10.5. The molecular weight excluding hydrogens is 570 g/mol. The first-order chi connectivity index (χ1) is 20.4. The fourth-order valence-corrected chi connectivity index (χ4v) is 7.85. The van der Waals surface area contributed by atoms with E-state index in [2.05, 4.69) is 0 Å². The highest BCUT2D eigenvalue weighted by atomic mass is 35.5. The topological polar surface area (TPSA) is 119 Å². The van der Waals surface area contributed by atoms with Gasteiger partial charge in [-0.2, -0.15) is 0 Å². The Kier molecular flexibility index (Phi) is 8.07. The lowest BCUT2D eigenvalue weighted by atomic mass is 9.77. The van der Waals surface area contributed by atoms with Crippen LogP contribution in [0.4, 0.5) is 0 Å². The molecular formula is C33H42ClN3O6. The molecule has 2 aromatic rings. The minimum Gasteiger partial charge on any atom is -0.480 e. The van der Waals surface area contributed by atoms with Crippen LogP contribution in [0.1, 0.15) is 78.3 Å². The SMILES string of the molecule is C[C@@H]1[C@@H]2CN(C(=O)[C@H](C(C)(C)C)CC(=O)O[C@@H]3C[C@@H]4C[C@@H]4[C@H]3CCCCCc3nc4ccc(Cl)cc4nc3O2)[C@@H]1C(=O)O. The molecule has 1 aromatic heterocycles. The summed E-state index contributed by atoms with van der Waals surface area (Å²) in [6, 6.07) is 4.27. The number of amides is 1. The number of ether oxygens (including phenoxy) is 2. The lowest BCUT2D eigenvalue weighted by molar-refractivity contribution is -0.160. The van der Waals surface area contributed by atoms with E-state index in [1.807, 2.05) is 26.8 Å². The van der Waals surface area contributed by atoms with Crippen molar-refractivity contribution in [2.45, 2.75) is 97.3 Å². The second kappa shape index (κ2) is 11.5. The van der Waals surface area contributed by atoms with Crippen LogP contribution in [0.3, 0.4) is 0 Å². The van der Waals surface area contributed by atoms with Gasteiger partial charge in [0.05, 0.1) is 29.9 Å². The monoisotopic (exact) mass is 611 g/mol. The third kappa shape index (κ3) is 6.06. The Morgan fingerprint density at radius 2 is 1.81 bits per heavy atom. The van der Waals surface area contributed by atoms with Gasteiger partial charge in [-0.15, -0.1) is 0 Å². The van der Waals surface area contributed by atoms with Crippen LogP contribution in [0.25, 0.3) is 11.0 Å². The summed E-state index contributed by atoms with van der Waals surface area (Å²) in [7, 11) is 0. The largest absolute Gasteiger partial charge is 0.480 e. The van der Waals surface area contributed by atoms with E-state index < -0.39 is 35.4 Å². The van der Waals surface area contributed by atoms with E-state index in [-0.39, 0.29) is 30.9 Å². The van der Waals surface area contributed by atoms with Crippen LogP contribution in [-0.2, 0) is 25.5 Å². The van der Waals surface area contributed by atoms with Crippen molar-refractivity contribution in [2.75, 3.05) is 6.54 Å². The van der Waals surface area contributed by atoms with Crippen LogP contribution < -0.4 is 4.74 Å². The van der Waals surface area contributed by atoms with Gasteiger partial charge in [-0.1, -0.05) is 52.1 Å². The number of carboxylic acids is 1. The predicted molar refractivity (Wildman–Crippen MR) is 161 cm³/mol. The van der Waals surface area contributed by atoms with Gasteiger partial charge < -0.3 is 19.5 Å². The zero-order valence-electron chi connectivity index (χ0n) is 25.4. The lowest BCUT2D eigenvalue weighted by Crippen LogP contribution is -2.48. The number of carbonyl (C=O) groups is 3. The number of carboxylic acid groups (broad SMARTS) is 1. The maximum Gasteiger partial charge on any atom is 0.326 e. The van der Waals surface area contributed by atoms with Crippen molar-refractivity contribution in [3.05, 3.63) is 28.9 Å². The average molecular weight is 612 g/mol. The van der Waals surface area contributed by atoms with Gasteiger partial charge in [0.25, 0.3) is 0 Å². The number of esters is 1. The molecule has 3 fully saturated rings. The molecule has 4 aliphatic rings. The molecule has 2 aliphatic carbocycles.